The van der Waals surface area contributed by atoms with Crippen molar-refractivity contribution in [2.45, 2.75) is 34.1 Å². The minimum Gasteiger partial charge on any atom is -0.368 e. The third-order valence-electron chi connectivity index (χ3n) is 2.32. The summed E-state index contributed by atoms with van der Waals surface area (Å²) in [6, 6.07) is 0. The number of aromatic nitrogens is 3. The second-order valence-corrected chi connectivity index (χ2v) is 4.18. The summed E-state index contributed by atoms with van der Waals surface area (Å²) < 4.78 is 0. The zero-order valence-electron chi connectivity index (χ0n) is 10.6. The summed E-state index contributed by atoms with van der Waals surface area (Å²) >= 11 is 0. The summed E-state index contributed by atoms with van der Waals surface area (Å²) in [5, 5.41) is 0. The molecule has 0 saturated carbocycles. The molecule has 0 saturated heterocycles. The molecule has 0 radical (unpaired) electrons. The number of hydrogen-bond acceptors (Lipinski definition) is 5. The molecule has 5 nitrogen and oxygen atoms in total. The van der Waals surface area contributed by atoms with Crippen molar-refractivity contribution < 1.29 is 0 Å². The Hall–Kier alpha value is -1.39. The number of anilines is 2. The minimum absolute atomic E-state index is 0.313. The van der Waals surface area contributed by atoms with E-state index in [-0.39, 0.29) is 0 Å². The van der Waals surface area contributed by atoms with Crippen molar-refractivity contribution >= 4 is 11.9 Å². The first kappa shape index (κ1) is 12.7. The number of nitrogens with zero attached hydrogens (tertiary/aromatic N) is 4. The van der Waals surface area contributed by atoms with Crippen LogP contribution in [0, 0.1) is 5.92 Å². The van der Waals surface area contributed by atoms with Crippen LogP contribution in [-0.4, -0.2) is 28.0 Å². The van der Waals surface area contributed by atoms with Crippen LogP contribution in [-0.2, 0) is 6.42 Å². The van der Waals surface area contributed by atoms with Crippen LogP contribution in [0.1, 0.15) is 33.5 Å². The molecule has 1 aromatic rings. The Bertz CT molecular complexity index is 333. The van der Waals surface area contributed by atoms with E-state index in [1.807, 2.05) is 0 Å². The van der Waals surface area contributed by atoms with Crippen molar-refractivity contribution in [1.29, 1.82) is 0 Å². The Morgan fingerprint density at radius 2 is 1.75 bits per heavy atom. The lowest BCUT2D eigenvalue weighted by molar-refractivity contribution is 0.616. The first-order valence-corrected chi connectivity index (χ1v) is 5.82. The summed E-state index contributed by atoms with van der Waals surface area (Å²) in [4.78, 5) is 14.8. The van der Waals surface area contributed by atoms with Crippen LogP contribution < -0.4 is 10.6 Å². The van der Waals surface area contributed by atoms with Gasteiger partial charge in [0.05, 0.1) is 0 Å². The Kier molecular flexibility index (Phi) is 4.46. The monoisotopic (exact) mass is 223 g/mol. The molecule has 1 aromatic heterocycles. The lowest BCUT2D eigenvalue weighted by Crippen LogP contribution is -2.25. The Balaban J connectivity index is 2.97. The number of nitrogens with two attached hydrogens (primary N) is 1. The van der Waals surface area contributed by atoms with E-state index in [4.69, 9.17) is 5.73 Å². The second kappa shape index (κ2) is 5.63. The molecule has 0 atom stereocenters. The quantitative estimate of drug-likeness (QED) is 0.819. The molecule has 1 rings (SSSR count). The van der Waals surface area contributed by atoms with Gasteiger partial charge in [-0.05, 0) is 19.8 Å². The fraction of sp³-hybridized carbons (Fsp3) is 0.727. The standard InChI is InChI=1S/C11H21N5/c1-5-16(6-2)11-14-9(7-8(3)4)13-10(12)15-11/h8H,5-7H2,1-4H3,(H2,12,13,14,15). The predicted molar refractivity (Wildman–Crippen MR) is 66.3 cm³/mol. The van der Waals surface area contributed by atoms with Crippen LogP contribution in [0.3, 0.4) is 0 Å². The molecule has 0 aliphatic heterocycles. The van der Waals surface area contributed by atoms with Gasteiger partial charge < -0.3 is 10.6 Å². The summed E-state index contributed by atoms with van der Waals surface area (Å²) in [5.74, 6) is 2.30. The molecule has 2 N–H and O–H groups in total. The molecule has 0 amide bonds. The maximum absolute atomic E-state index is 5.69. The molecule has 0 spiro atoms. The molecule has 0 aliphatic carbocycles. The third kappa shape index (κ3) is 3.32. The SMILES string of the molecule is CCN(CC)c1nc(N)nc(CC(C)C)n1. The number of hydrogen-bond donors (Lipinski definition) is 1. The third-order valence-corrected chi connectivity index (χ3v) is 2.32. The highest BCUT2D eigenvalue weighted by Crippen LogP contribution is 2.11. The van der Waals surface area contributed by atoms with Gasteiger partial charge in [0.25, 0.3) is 0 Å². The molecule has 5 heteroatoms. The van der Waals surface area contributed by atoms with Crippen LogP contribution in [0.4, 0.5) is 11.9 Å². The Morgan fingerprint density at radius 3 is 2.25 bits per heavy atom. The molecule has 1 heterocycles. The van der Waals surface area contributed by atoms with E-state index in [1.54, 1.807) is 0 Å². The maximum Gasteiger partial charge on any atom is 0.230 e. The molecular formula is C11H21N5. The van der Waals surface area contributed by atoms with E-state index in [9.17, 15) is 0 Å². The predicted octanol–water partition coefficient (Wildman–Crippen LogP) is 1.50. The highest BCUT2D eigenvalue weighted by molar-refractivity contribution is 5.34. The van der Waals surface area contributed by atoms with Gasteiger partial charge in [-0.25, -0.2) is 0 Å². The lowest BCUT2D eigenvalue weighted by atomic mass is 10.1. The van der Waals surface area contributed by atoms with Gasteiger partial charge in [0, 0.05) is 19.5 Å². The summed E-state index contributed by atoms with van der Waals surface area (Å²) in [7, 11) is 0. The van der Waals surface area contributed by atoms with E-state index in [0.717, 1.165) is 25.3 Å². The van der Waals surface area contributed by atoms with Gasteiger partial charge in [0.15, 0.2) is 0 Å². The smallest absolute Gasteiger partial charge is 0.230 e. The molecule has 0 fully saturated rings. The van der Waals surface area contributed by atoms with E-state index in [1.165, 1.54) is 0 Å². The molecule has 0 aliphatic rings. The van der Waals surface area contributed by atoms with Gasteiger partial charge in [0.1, 0.15) is 5.82 Å². The van der Waals surface area contributed by atoms with Crippen LogP contribution in [0.15, 0.2) is 0 Å². The molecule has 90 valence electrons. The van der Waals surface area contributed by atoms with Crippen molar-refractivity contribution in [1.82, 2.24) is 15.0 Å². The fourth-order valence-electron chi connectivity index (χ4n) is 1.53. The van der Waals surface area contributed by atoms with Gasteiger partial charge in [-0.1, -0.05) is 13.8 Å². The van der Waals surface area contributed by atoms with Gasteiger partial charge in [-0.3, -0.25) is 0 Å². The topological polar surface area (TPSA) is 67.9 Å². The van der Waals surface area contributed by atoms with Crippen molar-refractivity contribution in [3.05, 3.63) is 5.82 Å². The highest BCUT2D eigenvalue weighted by atomic mass is 15.3. The van der Waals surface area contributed by atoms with Crippen LogP contribution in [0.25, 0.3) is 0 Å². The zero-order valence-corrected chi connectivity index (χ0v) is 10.6. The number of rotatable bonds is 5. The van der Waals surface area contributed by atoms with Crippen molar-refractivity contribution in [3.8, 4) is 0 Å². The number of nitrogen functional groups attached to an aromatic ring is 1. The lowest BCUT2D eigenvalue weighted by Gasteiger charge is -2.19. The van der Waals surface area contributed by atoms with Crippen molar-refractivity contribution in [3.63, 3.8) is 0 Å². The van der Waals surface area contributed by atoms with Gasteiger partial charge in [0.2, 0.25) is 11.9 Å². The molecular weight excluding hydrogens is 202 g/mol. The van der Waals surface area contributed by atoms with Crippen LogP contribution in [0.5, 0.6) is 0 Å². The Labute approximate surface area is 97.1 Å². The largest absolute Gasteiger partial charge is 0.368 e. The van der Waals surface area contributed by atoms with E-state index in [0.29, 0.717) is 17.8 Å². The second-order valence-electron chi connectivity index (χ2n) is 4.18. The van der Waals surface area contributed by atoms with Gasteiger partial charge >= 0.3 is 0 Å². The highest BCUT2D eigenvalue weighted by Gasteiger charge is 2.10. The van der Waals surface area contributed by atoms with Crippen molar-refractivity contribution in [2.75, 3.05) is 23.7 Å². The summed E-state index contributed by atoms with van der Waals surface area (Å²) in [6.07, 6.45) is 0.834. The van der Waals surface area contributed by atoms with Crippen LogP contribution >= 0.6 is 0 Å². The molecule has 16 heavy (non-hydrogen) atoms. The first-order valence-electron chi connectivity index (χ1n) is 5.82. The summed E-state index contributed by atoms with van der Waals surface area (Å²) in [5.41, 5.74) is 5.69. The van der Waals surface area contributed by atoms with Gasteiger partial charge in [-0.2, -0.15) is 15.0 Å². The average Bonchev–Trinajstić information content (AvgIpc) is 2.17. The zero-order chi connectivity index (χ0) is 12.1. The van der Waals surface area contributed by atoms with Gasteiger partial charge in [-0.15, -0.1) is 0 Å². The Morgan fingerprint density at radius 1 is 1.12 bits per heavy atom. The molecule has 0 bridgehead atoms. The minimum atomic E-state index is 0.313. The van der Waals surface area contributed by atoms with Crippen LogP contribution in [0.2, 0.25) is 0 Å². The normalized spacial score (nSPS) is 10.8. The molecule has 0 unspecified atom stereocenters. The van der Waals surface area contributed by atoms with E-state index >= 15 is 0 Å². The van der Waals surface area contributed by atoms with E-state index < -0.39 is 0 Å². The fourth-order valence-corrected chi connectivity index (χ4v) is 1.53. The molecule has 0 aromatic carbocycles. The summed E-state index contributed by atoms with van der Waals surface area (Å²) in [6.45, 7) is 10.2. The maximum atomic E-state index is 5.69. The first-order chi connectivity index (χ1) is 7.56. The van der Waals surface area contributed by atoms with Crippen molar-refractivity contribution in [2.24, 2.45) is 5.92 Å². The van der Waals surface area contributed by atoms with E-state index in [2.05, 4.69) is 47.5 Å². The average molecular weight is 223 g/mol.